The van der Waals surface area contributed by atoms with Gasteiger partial charge in [0.25, 0.3) is 5.69 Å². The molecule has 0 aromatic heterocycles. The van der Waals surface area contributed by atoms with Gasteiger partial charge in [0.1, 0.15) is 5.75 Å². The third kappa shape index (κ3) is 4.00. The standard InChI is InChI=1S/C12H16BrNO3/c1-8(9(2)13)4-10-5-11(14(15)16)7-12(6-10)17-3/h5-9H,4H2,1-3H3. The second-order valence-electron chi connectivity index (χ2n) is 4.16. The molecule has 4 nitrogen and oxygen atoms in total. The van der Waals surface area contributed by atoms with Gasteiger partial charge in [-0.2, -0.15) is 0 Å². The van der Waals surface area contributed by atoms with E-state index in [9.17, 15) is 10.1 Å². The van der Waals surface area contributed by atoms with Gasteiger partial charge in [-0.25, -0.2) is 0 Å². The average molecular weight is 302 g/mol. The molecule has 2 unspecified atom stereocenters. The Morgan fingerprint density at radius 2 is 2.06 bits per heavy atom. The van der Waals surface area contributed by atoms with Crippen molar-refractivity contribution in [2.45, 2.75) is 25.1 Å². The van der Waals surface area contributed by atoms with Gasteiger partial charge in [0.2, 0.25) is 0 Å². The number of non-ortho nitro benzene ring substituents is 1. The third-order valence-electron chi connectivity index (χ3n) is 2.74. The van der Waals surface area contributed by atoms with Gasteiger partial charge in [-0.1, -0.05) is 29.8 Å². The Morgan fingerprint density at radius 1 is 1.41 bits per heavy atom. The molecule has 1 aromatic carbocycles. The lowest BCUT2D eigenvalue weighted by Crippen LogP contribution is -2.10. The zero-order chi connectivity index (χ0) is 13.0. The summed E-state index contributed by atoms with van der Waals surface area (Å²) in [5, 5.41) is 10.8. The molecule has 94 valence electrons. The largest absolute Gasteiger partial charge is 0.496 e. The molecule has 0 N–H and O–H groups in total. The fourth-order valence-electron chi connectivity index (χ4n) is 1.52. The van der Waals surface area contributed by atoms with Crippen LogP contribution in [0.1, 0.15) is 19.4 Å². The molecule has 0 saturated carbocycles. The molecule has 1 aromatic rings. The number of nitro groups is 1. The van der Waals surface area contributed by atoms with Crippen LogP contribution in [0.25, 0.3) is 0 Å². The maximum atomic E-state index is 10.8. The SMILES string of the molecule is COc1cc(CC(C)C(C)Br)cc([N+](=O)[O-])c1. The Bertz CT molecular complexity index is 407. The molecular weight excluding hydrogens is 286 g/mol. The molecule has 0 heterocycles. The van der Waals surface area contributed by atoms with Crippen molar-refractivity contribution in [2.24, 2.45) is 5.92 Å². The molecule has 0 fully saturated rings. The Balaban J connectivity index is 2.98. The molecule has 0 aliphatic rings. The minimum Gasteiger partial charge on any atom is -0.496 e. The van der Waals surface area contributed by atoms with Gasteiger partial charge in [-0.15, -0.1) is 0 Å². The van der Waals surface area contributed by atoms with Crippen LogP contribution in [0, 0.1) is 16.0 Å². The van der Waals surface area contributed by atoms with Gasteiger partial charge in [-0.3, -0.25) is 10.1 Å². The summed E-state index contributed by atoms with van der Waals surface area (Å²) in [6.45, 7) is 4.17. The van der Waals surface area contributed by atoms with Crippen LogP contribution in [-0.2, 0) is 6.42 Å². The van der Waals surface area contributed by atoms with Crippen molar-refractivity contribution in [1.82, 2.24) is 0 Å². The number of ether oxygens (including phenoxy) is 1. The molecule has 1 rings (SSSR count). The number of rotatable bonds is 5. The first-order chi connectivity index (χ1) is 7.93. The van der Waals surface area contributed by atoms with E-state index in [1.54, 1.807) is 6.07 Å². The zero-order valence-electron chi connectivity index (χ0n) is 10.1. The van der Waals surface area contributed by atoms with Crippen LogP contribution in [0.3, 0.4) is 0 Å². The van der Waals surface area contributed by atoms with Crippen molar-refractivity contribution in [3.63, 3.8) is 0 Å². The predicted octanol–water partition coefficient (Wildman–Crippen LogP) is 3.57. The predicted molar refractivity (Wildman–Crippen MR) is 70.9 cm³/mol. The van der Waals surface area contributed by atoms with Crippen LogP contribution in [0.2, 0.25) is 0 Å². The highest BCUT2D eigenvalue weighted by molar-refractivity contribution is 9.09. The highest BCUT2D eigenvalue weighted by Gasteiger charge is 2.14. The van der Waals surface area contributed by atoms with E-state index in [4.69, 9.17) is 4.74 Å². The van der Waals surface area contributed by atoms with Crippen LogP contribution in [-0.4, -0.2) is 16.9 Å². The molecule has 0 saturated heterocycles. The van der Waals surface area contributed by atoms with Crippen molar-refractivity contribution in [1.29, 1.82) is 0 Å². The normalized spacial score (nSPS) is 14.1. The van der Waals surface area contributed by atoms with Gasteiger partial charge in [0.15, 0.2) is 0 Å². The van der Waals surface area contributed by atoms with E-state index < -0.39 is 4.92 Å². The van der Waals surface area contributed by atoms with Crippen LogP contribution < -0.4 is 4.74 Å². The van der Waals surface area contributed by atoms with Gasteiger partial charge < -0.3 is 4.74 Å². The van der Waals surface area contributed by atoms with Gasteiger partial charge in [0, 0.05) is 10.9 Å². The van der Waals surface area contributed by atoms with E-state index in [2.05, 4.69) is 29.8 Å². The summed E-state index contributed by atoms with van der Waals surface area (Å²) in [4.78, 5) is 10.8. The van der Waals surface area contributed by atoms with E-state index in [1.165, 1.54) is 13.2 Å². The molecule has 0 aliphatic carbocycles. The Labute approximate surface area is 109 Å². The first-order valence-corrected chi connectivity index (χ1v) is 6.32. The topological polar surface area (TPSA) is 52.4 Å². The van der Waals surface area contributed by atoms with Crippen molar-refractivity contribution in [3.05, 3.63) is 33.9 Å². The van der Waals surface area contributed by atoms with E-state index >= 15 is 0 Å². The highest BCUT2D eigenvalue weighted by atomic mass is 79.9. The van der Waals surface area contributed by atoms with E-state index in [1.807, 2.05) is 6.07 Å². The molecule has 17 heavy (non-hydrogen) atoms. The number of nitrogens with zero attached hydrogens (tertiary/aromatic N) is 1. The molecule has 5 heteroatoms. The molecule has 0 radical (unpaired) electrons. The van der Waals surface area contributed by atoms with Crippen LogP contribution in [0.4, 0.5) is 5.69 Å². The number of alkyl halides is 1. The minimum atomic E-state index is -0.395. The van der Waals surface area contributed by atoms with E-state index in [-0.39, 0.29) is 5.69 Å². The Morgan fingerprint density at radius 3 is 2.53 bits per heavy atom. The smallest absolute Gasteiger partial charge is 0.273 e. The lowest BCUT2D eigenvalue weighted by Gasteiger charge is -2.14. The van der Waals surface area contributed by atoms with E-state index in [0.29, 0.717) is 16.5 Å². The van der Waals surface area contributed by atoms with Crippen molar-refractivity contribution in [3.8, 4) is 5.75 Å². The van der Waals surface area contributed by atoms with Gasteiger partial charge >= 0.3 is 0 Å². The number of halogens is 1. The Kier molecular flexibility index (Phi) is 4.93. The monoisotopic (exact) mass is 301 g/mol. The lowest BCUT2D eigenvalue weighted by atomic mass is 9.98. The second-order valence-corrected chi connectivity index (χ2v) is 5.60. The second kappa shape index (κ2) is 6.00. The van der Waals surface area contributed by atoms with Gasteiger partial charge in [-0.05, 0) is 24.0 Å². The molecule has 0 bridgehead atoms. The number of hydrogen-bond donors (Lipinski definition) is 0. The van der Waals surface area contributed by atoms with Crippen LogP contribution in [0.5, 0.6) is 5.75 Å². The average Bonchev–Trinajstić information content (AvgIpc) is 2.28. The van der Waals surface area contributed by atoms with Gasteiger partial charge in [0.05, 0.1) is 18.1 Å². The van der Waals surface area contributed by atoms with E-state index in [0.717, 1.165) is 12.0 Å². The van der Waals surface area contributed by atoms with Crippen LogP contribution >= 0.6 is 15.9 Å². The van der Waals surface area contributed by atoms with Crippen LogP contribution in [0.15, 0.2) is 18.2 Å². The lowest BCUT2D eigenvalue weighted by molar-refractivity contribution is -0.385. The van der Waals surface area contributed by atoms with Crippen molar-refractivity contribution >= 4 is 21.6 Å². The third-order valence-corrected chi connectivity index (χ3v) is 3.64. The molecular formula is C12H16BrNO3. The number of benzene rings is 1. The fourth-order valence-corrected chi connectivity index (χ4v) is 1.71. The van der Waals surface area contributed by atoms with Crippen molar-refractivity contribution < 1.29 is 9.66 Å². The molecule has 0 spiro atoms. The first-order valence-electron chi connectivity index (χ1n) is 5.40. The fraction of sp³-hybridized carbons (Fsp3) is 0.500. The number of nitro benzene ring substituents is 1. The quantitative estimate of drug-likeness (QED) is 0.474. The maximum Gasteiger partial charge on any atom is 0.273 e. The summed E-state index contributed by atoms with van der Waals surface area (Å²) in [6, 6.07) is 4.89. The summed E-state index contributed by atoms with van der Waals surface area (Å²) in [7, 11) is 1.51. The maximum absolute atomic E-state index is 10.8. The molecule has 0 amide bonds. The summed E-state index contributed by atoms with van der Waals surface area (Å²) >= 11 is 3.52. The number of methoxy groups -OCH3 is 1. The molecule has 0 aliphatic heterocycles. The summed E-state index contributed by atoms with van der Waals surface area (Å²) in [6.07, 6.45) is 0.782. The molecule has 2 atom stereocenters. The van der Waals surface area contributed by atoms with Crippen molar-refractivity contribution in [2.75, 3.05) is 7.11 Å². The summed E-state index contributed by atoms with van der Waals surface area (Å²) in [5.41, 5.74) is 1.00. The summed E-state index contributed by atoms with van der Waals surface area (Å²) < 4.78 is 5.07. The number of hydrogen-bond acceptors (Lipinski definition) is 3. The zero-order valence-corrected chi connectivity index (χ0v) is 11.7. The highest BCUT2D eigenvalue weighted by Crippen LogP contribution is 2.26. The summed E-state index contributed by atoms with van der Waals surface area (Å²) in [5.74, 6) is 0.935. The Hall–Kier alpha value is -1.10. The minimum absolute atomic E-state index is 0.0776. The first kappa shape index (κ1) is 14.0.